The second-order valence-corrected chi connectivity index (χ2v) is 5.97. The summed E-state index contributed by atoms with van der Waals surface area (Å²) < 4.78 is 10.6. The minimum Gasteiger partial charge on any atom is -0.490 e. The van der Waals surface area contributed by atoms with Crippen molar-refractivity contribution in [2.45, 2.75) is 32.2 Å². The maximum absolute atomic E-state index is 12.4. The first kappa shape index (κ1) is 17.8. The number of hydrogen-bond acceptors (Lipinski definition) is 4. The second-order valence-electron chi connectivity index (χ2n) is 5.97. The summed E-state index contributed by atoms with van der Waals surface area (Å²) in [6.07, 6.45) is 3.83. The number of carbonyl (C=O) groups excluding carboxylic acids is 1. The van der Waals surface area contributed by atoms with Crippen molar-refractivity contribution >= 4 is 5.91 Å². The monoisotopic (exact) mass is 320 g/mol. The SMILES string of the molecule is COCCOc1ccccc1C(=O)NCCN1CCCCC1C. The number of carbonyl (C=O) groups is 1. The average Bonchev–Trinajstić information content (AvgIpc) is 2.57. The molecule has 1 unspecified atom stereocenters. The van der Waals surface area contributed by atoms with Gasteiger partial charge in [0, 0.05) is 26.2 Å². The highest BCUT2D eigenvalue weighted by atomic mass is 16.5. The summed E-state index contributed by atoms with van der Waals surface area (Å²) in [5.41, 5.74) is 0.579. The van der Waals surface area contributed by atoms with Crippen LogP contribution in [-0.2, 0) is 4.74 Å². The number of hydrogen-bond donors (Lipinski definition) is 1. The summed E-state index contributed by atoms with van der Waals surface area (Å²) in [5.74, 6) is 0.524. The normalized spacial score (nSPS) is 18.6. The van der Waals surface area contributed by atoms with Crippen LogP contribution in [-0.4, -0.2) is 56.8 Å². The first-order chi connectivity index (χ1) is 11.2. The van der Waals surface area contributed by atoms with Crippen LogP contribution in [0.15, 0.2) is 24.3 Å². The van der Waals surface area contributed by atoms with E-state index < -0.39 is 0 Å². The van der Waals surface area contributed by atoms with Crippen molar-refractivity contribution in [3.05, 3.63) is 29.8 Å². The zero-order chi connectivity index (χ0) is 16.5. The summed E-state index contributed by atoms with van der Waals surface area (Å²) in [4.78, 5) is 14.8. The fourth-order valence-electron chi connectivity index (χ4n) is 2.91. The maximum atomic E-state index is 12.4. The smallest absolute Gasteiger partial charge is 0.255 e. The van der Waals surface area contributed by atoms with Crippen LogP contribution < -0.4 is 10.1 Å². The van der Waals surface area contributed by atoms with Gasteiger partial charge in [0.15, 0.2) is 0 Å². The molecule has 0 saturated carbocycles. The quantitative estimate of drug-likeness (QED) is 0.747. The molecule has 1 aliphatic heterocycles. The highest BCUT2D eigenvalue weighted by Crippen LogP contribution is 2.18. The van der Waals surface area contributed by atoms with Crippen molar-refractivity contribution in [3.8, 4) is 5.75 Å². The fraction of sp³-hybridized carbons (Fsp3) is 0.611. The van der Waals surface area contributed by atoms with Gasteiger partial charge < -0.3 is 14.8 Å². The van der Waals surface area contributed by atoms with Gasteiger partial charge in [-0.05, 0) is 38.4 Å². The second kappa shape index (κ2) is 9.53. The minimum atomic E-state index is -0.0809. The van der Waals surface area contributed by atoms with E-state index in [1.165, 1.54) is 19.3 Å². The molecule has 5 heteroatoms. The molecule has 1 aliphatic rings. The molecule has 1 aromatic rings. The number of nitrogens with one attached hydrogen (secondary N) is 1. The van der Waals surface area contributed by atoms with Crippen LogP contribution >= 0.6 is 0 Å². The Balaban J connectivity index is 1.83. The number of rotatable bonds is 8. The fourth-order valence-corrected chi connectivity index (χ4v) is 2.91. The van der Waals surface area contributed by atoms with Crippen LogP contribution in [0.4, 0.5) is 0 Å². The highest BCUT2D eigenvalue weighted by Gasteiger charge is 2.18. The Labute approximate surface area is 139 Å². The molecule has 0 radical (unpaired) electrons. The number of likely N-dealkylation sites (tertiary alicyclic amines) is 1. The molecule has 0 aliphatic carbocycles. The molecule has 0 aromatic heterocycles. The van der Waals surface area contributed by atoms with Crippen molar-refractivity contribution in [1.29, 1.82) is 0 Å². The molecule has 1 amide bonds. The molecule has 1 heterocycles. The van der Waals surface area contributed by atoms with Crippen LogP contribution in [0.3, 0.4) is 0 Å². The van der Waals surface area contributed by atoms with Gasteiger partial charge in [-0.1, -0.05) is 18.6 Å². The van der Waals surface area contributed by atoms with Crippen LogP contribution in [0.25, 0.3) is 0 Å². The Morgan fingerprint density at radius 2 is 2.13 bits per heavy atom. The number of nitrogens with zero attached hydrogens (tertiary/aromatic N) is 1. The summed E-state index contributed by atoms with van der Waals surface area (Å²) >= 11 is 0. The molecular weight excluding hydrogens is 292 g/mol. The van der Waals surface area contributed by atoms with Gasteiger partial charge in [-0.25, -0.2) is 0 Å². The molecule has 1 aromatic carbocycles. The molecule has 1 atom stereocenters. The number of methoxy groups -OCH3 is 1. The van der Waals surface area contributed by atoms with Crippen molar-refractivity contribution < 1.29 is 14.3 Å². The molecular formula is C18H28N2O3. The van der Waals surface area contributed by atoms with E-state index in [9.17, 15) is 4.79 Å². The molecule has 2 rings (SSSR count). The lowest BCUT2D eigenvalue weighted by Crippen LogP contribution is -2.42. The van der Waals surface area contributed by atoms with Crippen LogP contribution in [0.1, 0.15) is 36.5 Å². The van der Waals surface area contributed by atoms with Gasteiger partial charge in [-0.15, -0.1) is 0 Å². The molecule has 5 nitrogen and oxygen atoms in total. The largest absolute Gasteiger partial charge is 0.490 e. The number of ether oxygens (including phenoxy) is 2. The third-order valence-corrected chi connectivity index (χ3v) is 4.30. The van der Waals surface area contributed by atoms with E-state index in [2.05, 4.69) is 17.1 Å². The van der Waals surface area contributed by atoms with Gasteiger partial charge in [0.05, 0.1) is 12.2 Å². The van der Waals surface area contributed by atoms with Crippen molar-refractivity contribution in [1.82, 2.24) is 10.2 Å². The lowest BCUT2D eigenvalue weighted by molar-refractivity contribution is 0.0931. The molecule has 128 valence electrons. The number of piperidine rings is 1. The molecule has 23 heavy (non-hydrogen) atoms. The highest BCUT2D eigenvalue weighted by molar-refractivity contribution is 5.96. The van der Waals surface area contributed by atoms with Crippen molar-refractivity contribution in [3.63, 3.8) is 0 Å². The van der Waals surface area contributed by atoms with Crippen molar-refractivity contribution in [2.24, 2.45) is 0 Å². The van der Waals surface area contributed by atoms with Crippen LogP contribution in [0, 0.1) is 0 Å². The Hall–Kier alpha value is -1.59. The lowest BCUT2D eigenvalue weighted by atomic mass is 10.0. The molecule has 1 N–H and O–H groups in total. The number of para-hydroxylation sites is 1. The average molecular weight is 320 g/mol. The van der Waals surface area contributed by atoms with Crippen LogP contribution in [0.5, 0.6) is 5.75 Å². The summed E-state index contributed by atoms with van der Waals surface area (Å²) in [7, 11) is 1.63. The minimum absolute atomic E-state index is 0.0809. The Morgan fingerprint density at radius 1 is 1.30 bits per heavy atom. The first-order valence-electron chi connectivity index (χ1n) is 8.45. The molecule has 1 saturated heterocycles. The summed E-state index contributed by atoms with van der Waals surface area (Å²) in [6.45, 7) is 5.90. The Morgan fingerprint density at radius 3 is 2.91 bits per heavy atom. The summed E-state index contributed by atoms with van der Waals surface area (Å²) in [6, 6.07) is 7.95. The van der Waals surface area contributed by atoms with E-state index in [0.717, 1.165) is 13.1 Å². The predicted molar refractivity (Wildman–Crippen MR) is 91.0 cm³/mol. The lowest BCUT2D eigenvalue weighted by Gasteiger charge is -2.33. The van der Waals surface area contributed by atoms with Gasteiger partial charge in [-0.3, -0.25) is 9.69 Å². The van der Waals surface area contributed by atoms with E-state index in [4.69, 9.17) is 9.47 Å². The third-order valence-electron chi connectivity index (χ3n) is 4.30. The van der Waals surface area contributed by atoms with E-state index in [0.29, 0.717) is 37.1 Å². The summed E-state index contributed by atoms with van der Waals surface area (Å²) in [5, 5.41) is 3.01. The first-order valence-corrected chi connectivity index (χ1v) is 8.45. The van der Waals surface area contributed by atoms with Gasteiger partial charge in [-0.2, -0.15) is 0 Å². The maximum Gasteiger partial charge on any atom is 0.255 e. The van der Waals surface area contributed by atoms with Gasteiger partial charge in [0.25, 0.3) is 5.91 Å². The predicted octanol–water partition coefficient (Wildman–Crippen LogP) is 2.32. The van der Waals surface area contributed by atoms with Crippen molar-refractivity contribution in [2.75, 3.05) is 40.0 Å². The zero-order valence-corrected chi connectivity index (χ0v) is 14.2. The standard InChI is InChI=1S/C18H28N2O3/c1-15-7-5-6-11-20(15)12-10-19-18(21)16-8-3-4-9-17(16)23-14-13-22-2/h3-4,8-9,15H,5-7,10-14H2,1-2H3,(H,19,21). The molecule has 0 bridgehead atoms. The topological polar surface area (TPSA) is 50.8 Å². The molecule has 0 spiro atoms. The van der Waals surface area contributed by atoms with Gasteiger partial charge >= 0.3 is 0 Å². The number of amides is 1. The Kier molecular flexibility index (Phi) is 7.36. The third kappa shape index (κ3) is 5.52. The van der Waals surface area contributed by atoms with Crippen LogP contribution in [0.2, 0.25) is 0 Å². The van der Waals surface area contributed by atoms with E-state index in [1.54, 1.807) is 13.2 Å². The number of benzene rings is 1. The zero-order valence-electron chi connectivity index (χ0n) is 14.2. The van der Waals surface area contributed by atoms with E-state index in [1.807, 2.05) is 18.2 Å². The van der Waals surface area contributed by atoms with Gasteiger partial charge in [0.1, 0.15) is 12.4 Å². The Bertz CT molecular complexity index is 493. The van der Waals surface area contributed by atoms with Gasteiger partial charge in [0.2, 0.25) is 0 Å². The van der Waals surface area contributed by atoms with E-state index in [-0.39, 0.29) is 5.91 Å². The van der Waals surface area contributed by atoms with E-state index >= 15 is 0 Å². The molecule has 1 fully saturated rings.